The van der Waals surface area contributed by atoms with Gasteiger partial charge in [0.15, 0.2) is 5.11 Å². The van der Waals surface area contributed by atoms with E-state index in [1.54, 1.807) is 0 Å². The van der Waals surface area contributed by atoms with Gasteiger partial charge in [-0.1, -0.05) is 11.6 Å². The van der Waals surface area contributed by atoms with Crippen LogP contribution in [-0.4, -0.2) is 43.3 Å². The lowest BCUT2D eigenvalue weighted by Gasteiger charge is -2.12. The summed E-state index contributed by atoms with van der Waals surface area (Å²) in [5.41, 5.74) is 5.05. The largest absolute Gasteiger partial charge is 0.507 e. The minimum Gasteiger partial charge on any atom is -0.507 e. The van der Waals surface area contributed by atoms with Gasteiger partial charge < -0.3 is 15.3 Å². The SMILES string of the molecule is C[NH+](C)CCCNC(=S)NNC(=O)c1cc(Cl)ccc1O. The molecule has 0 aliphatic heterocycles. The van der Waals surface area contributed by atoms with Crippen LogP contribution >= 0.6 is 23.8 Å². The normalized spacial score (nSPS) is 10.3. The van der Waals surface area contributed by atoms with Crippen molar-refractivity contribution in [3.05, 3.63) is 28.8 Å². The molecule has 1 rings (SSSR count). The highest BCUT2D eigenvalue weighted by Gasteiger charge is 2.11. The van der Waals surface area contributed by atoms with Crippen molar-refractivity contribution in [2.45, 2.75) is 6.42 Å². The highest BCUT2D eigenvalue weighted by Crippen LogP contribution is 2.20. The lowest BCUT2D eigenvalue weighted by molar-refractivity contribution is -0.858. The lowest BCUT2D eigenvalue weighted by Crippen LogP contribution is -3.05. The van der Waals surface area contributed by atoms with Crippen molar-refractivity contribution < 1.29 is 14.8 Å². The van der Waals surface area contributed by atoms with Crippen LogP contribution in [0, 0.1) is 0 Å². The number of phenols is 1. The Morgan fingerprint density at radius 1 is 1.38 bits per heavy atom. The molecule has 8 heteroatoms. The molecule has 0 bridgehead atoms. The molecule has 0 radical (unpaired) electrons. The van der Waals surface area contributed by atoms with Crippen LogP contribution in [0.4, 0.5) is 0 Å². The predicted octanol–water partition coefficient (Wildman–Crippen LogP) is -0.311. The summed E-state index contributed by atoms with van der Waals surface area (Å²) in [7, 11) is 4.16. The molecule has 0 saturated carbocycles. The van der Waals surface area contributed by atoms with Crippen LogP contribution in [0.3, 0.4) is 0 Å². The summed E-state index contributed by atoms with van der Waals surface area (Å²) in [5, 5.41) is 13.3. The number of nitrogens with one attached hydrogen (secondary N) is 4. The fraction of sp³-hybridized carbons (Fsp3) is 0.385. The van der Waals surface area contributed by atoms with Crippen molar-refractivity contribution in [3.8, 4) is 5.75 Å². The number of carbonyl (C=O) groups excluding carboxylic acids is 1. The van der Waals surface area contributed by atoms with Gasteiger partial charge in [-0.3, -0.25) is 15.6 Å². The highest BCUT2D eigenvalue weighted by molar-refractivity contribution is 7.80. The molecule has 6 nitrogen and oxygen atoms in total. The monoisotopic (exact) mass is 331 g/mol. The van der Waals surface area contributed by atoms with Crippen LogP contribution in [0.15, 0.2) is 18.2 Å². The summed E-state index contributed by atoms with van der Waals surface area (Å²) < 4.78 is 0. The predicted molar refractivity (Wildman–Crippen MR) is 86.6 cm³/mol. The molecule has 1 aromatic rings. The summed E-state index contributed by atoms with van der Waals surface area (Å²) in [6, 6.07) is 4.24. The molecule has 1 aromatic carbocycles. The first-order valence-electron chi connectivity index (χ1n) is 6.52. The maximum Gasteiger partial charge on any atom is 0.273 e. The molecule has 0 spiro atoms. The van der Waals surface area contributed by atoms with Gasteiger partial charge in [-0.05, 0) is 30.4 Å². The second-order valence-electron chi connectivity index (χ2n) is 4.81. The summed E-state index contributed by atoms with van der Waals surface area (Å²) >= 11 is 10.8. The van der Waals surface area contributed by atoms with Gasteiger partial charge in [0.1, 0.15) is 5.75 Å². The lowest BCUT2D eigenvalue weighted by atomic mass is 10.2. The minimum absolute atomic E-state index is 0.0778. The molecule has 21 heavy (non-hydrogen) atoms. The van der Waals surface area contributed by atoms with E-state index in [1.807, 2.05) is 0 Å². The maximum absolute atomic E-state index is 11.9. The van der Waals surface area contributed by atoms with Gasteiger partial charge in [-0.25, -0.2) is 0 Å². The quantitative estimate of drug-likeness (QED) is 0.291. The second-order valence-corrected chi connectivity index (χ2v) is 5.65. The number of quaternary nitrogens is 1. The molecule has 0 saturated heterocycles. The van der Waals surface area contributed by atoms with E-state index in [0.29, 0.717) is 10.1 Å². The molecule has 0 fully saturated rings. The summed E-state index contributed by atoms with van der Waals surface area (Å²) in [6.45, 7) is 1.74. The van der Waals surface area contributed by atoms with E-state index in [0.717, 1.165) is 19.5 Å². The number of thiocarbonyl (C=S) groups is 1. The first kappa shape index (κ1) is 17.5. The first-order valence-corrected chi connectivity index (χ1v) is 7.30. The molecular weight excluding hydrogens is 312 g/mol. The fourth-order valence-electron chi connectivity index (χ4n) is 1.56. The van der Waals surface area contributed by atoms with E-state index in [2.05, 4.69) is 30.3 Å². The topological polar surface area (TPSA) is 77.8 Å². The third-order valence-electron chi connectivity index (χ3n) is 2.63. The Kier molecular flexibility index (Phi) is 7.21. The Bertz CT molecular complexity index is 511. The number of phenolic OH excluding ortho intramolecular Hbond substituents is 1. The first-order chi connectivity index (χ1) is 9.90. The number of carbonyl (C=O) groups is 1. The van der Waals surface area contributed by atoms with Crippen molar-refractivity contribution in [1.82, 2.24) is 16.2 Å². The number of hydrazine groups is 1. The van der Waals surface area contributed by atoms with E-state index in [4.69, 9.17) is 23.8 Å². The molecule has 0 aliphatic carbocycles. The number of benzene rings is 1. The van der Waals surface area contributed by atoms with Gasteiger partial charge in [-0.2, -0.15) is 0 Å². The van der Waals surface area contributed by atoms with Crippen LogP contribution in [0.25, 0.3) is 0 Å². The van der Waals surface area contributed by atoms with Crippen molar-refractivity contribution in [2.75, 3.05) is 27.2 Å². The van der Waals surface area contributed by atoms with Gasteiger partial charge in [0.25, 0.3) is 5.91 Å². The fourth-order valence-corrected chi connectivity index (χ4v) is 1.88. The Morgan fingerprint density at radius 2 is 2.10 bits per heavy atom. The molecule has 0 atom stereocenters. The zero-order valence-corrected chi connectivity index (χ0v) is 13.6. The average molecular weight is 332 g/mol. The number of rotatable bonds is 5. The van der Waals surface area contributed by atoms with Gasteiger partial charge in [0, 0.05) is 18.0 Å². The maximum atomic E-state index is 11.9. The van der Waals surface area contributed by atoms with E-state index >= 15 is 0 Å². The van der Waals surface area contributed by atoms with Crippen molar-refractivity contribution in [1.29, 1.82) is 0 Å². The molecule has 0 unspecified atom stereocenters. The Labute approximate surface area is 134 Å². The molecule has 0 aliphatic rings. The van der Waals surface area contributed by atoms with Crippen LogP contribution < -0.4 is 21.1 Å². The zero-order chi connectivity index (χ0) is 15.8. The van der Waals surface area contributed by atoms with E-state index < -0.39 is 5.91 Å². The van der Waals surface area contributed by atoms with Crippen molar-refractivity contribution >= 4 is 34.8 Å². The van der Waals surface area contributed by atoms with Gasteiger partial charge in [0.2, 0.25) is 0 Å². The van der Waals surface area contributed by atoms with Gasteiger partial charge >= 0.3 is 0 Å². The number of hydrogen-bond acceptors (Lipinski definition) is 3. The molecule has 5 N–H and O–H groups in total. The molecule has 1 amide bonds. The Morgan fingerprint density at radius 3 is 2.76 bits per heavy atom. The Hall–Kier alpha value is -1.57. The van der Waals surface area contributed by atoms with Gasteiger partial charge in [-0.15, -0.1) is 0 Å². The van der Waals surface area contributed by atoms with Gasteiger partial charge in [0.05, 0.1) is 26.2 Å². The molecule has 0 aromatic heterocycles. The average Bonchev–Trinajstić information content (AvgIpc) is 2.43. The molecule has 116 valence electrons. The standard InChI is InChI=1S/C13H19ClN4O2S/c1-18(2)7-3-6-15-13(21)17-16-12(20)10-8-9(14)4-5-11(10)19/h4-5,8,19H,3,6-7H2,1-2H3,(H,16,20)(H2,15,17,21)/p+1. The second kappa shape index (κ2) is 8.66. The third-order valence-corrected chi connectivity index (χ3v) is 3.11. The zero-order valence-electron chi connectivity index (χ0n) is 12.0. The summed E-state index contributed by atoms with van der Waals surface area (Å²) in [5.74, 6) is -0.663. The van der Waals surface area contributed by atoms with E-state index in [-0.39, 0.29) is 11.3 Å². The van der Waals surface area contributed by atoms with Crippen molar-refractivity contribution in [3.63, 3.8) is 0 Å². The number of halogens is 1. The summed E-state index contributed by atoms with van der Waals surface area (Å²) in [4.78, 5) is 13.2. The van der Waals surface area contributed by atoms with E-state index in [1.165, 1.54) is 23.1 Å². The number of amides is 1. The van der Waals surface area contributed by atoms with Crippen molar-refractivity contribution in [2.24, 2.45) is 0 Å². The molecular formula is C13H20ClN4O2S+. The number of hydrogen-bond donors (Lipinski definition) is 5. The number of aromatic hydroxyl groups is 1. The Balaban J connectivity index is 2.35. The van der Waals surface area contributed by atoms with Crippen LogP contribution in [-0.2, 0) is 0 Å². The van der Waals surface area contributed by atoms with Crippen LogP contribution in [0.2, 0.25) is 5.02 Å². The van der Waals surface area contributed by atoms with Crippen LogP contribution in [0.1, 0.15) is 16.8 Å². The smallest absolute Gasteiger partial charge is 0.273 e. The highest BCUT2D eigenvalue weighted by atomic mass is 35.5. The summed E-state index contributed by atoms with van der Waals surface area (Å²) in [6.07, 6.45) is 0.965. The van der Waals surface area contributed by atoms with Crippen LogP contribution in [0.5, 0.6) is 5.75 Å². The third kappa shape index (κ3) is 6.61. The minimum atomic E-state index is -0.517. The van der Waals surface area contributed by atoms with E-state index in [9.17, 15) is 9.90 Å². The molecule has 0 heterocycles.